The van der Waals surface area contributed by atoms with Gasteiger partial charge in [0.05, 0.1) is 24.4 Å². The van der Waals surface area contributed by atoms with Crippen LogP contribution in [0.25, 0.3) is 5.76 Å². The number of hydrogen-bond donors (Lipinski definition) is 1. The van der Waals surface area contributed by atoms with E-state index in [0.717, 1.165) is 28.7 Å². The van der Waals surface area contributed by atoms with Crippen LogP contribution in [0.4, 0.5) is 0 Å². The number of benzene rings is 3. The molecule has 1 aromatic heterocycles. The molecule has 38 heavy (non-hydrogen) atoms. The third kappa shape index (κ3) is 4.98. The summed E-state index contributed by atoms with van der Waals surface area (Å²) in [6, 6.07) is 25.4. The number of ether oxygens (including phenoxy) is 1. The van der Waals surface area contributed by atoms with Crippen LogP contribution in [0.3, 0.4) is 0 Å². The minimum absolute atomic E-state index is 0.0550. The predicted molar refractivity (Wildman–Crippen MR) is 144 cm³/mol. The fraction of sp³-hybridized carbons (Fsp3) is 0.188. The van der Waals surface area contributed by atoms with Crippen molar-refractivity contribution in [3.63, 3.8) is 0 Å². The van der Waals surface area contributed by atoms with Gasteiger partial charge in [-0.05, 0) is 72.0 Å². The lowest BCUT2D eigenvalue weighted by Crippen LogP contribution is -2.29. The maximum atomic E-state index is 13.3. The molecule has 1 aliphatic heterocycles. The van der Waals surface area contributed by atoms with Gasteiger partial charge in [0, 0.05) is 5.56 Å². The highest BCUT2D eigenvalue weighted by Gasteiger charge is 2.46. The molecular formula is C32H29NO5. The highest BCUT2D eigenvalue weighted by Crippen LogP contribution is 2.40. The molecule has 1 aliphatic rings. The van der Waals surface area contributed by atoms with Crippen molar-refractivity contribution in [1.29, 1.82) is 0 Å². The van der Waals surface area contributed by atoms with Crippen molar-refractivity contribution in [2.24, 2.45) is 0 Å². The molecule has 1 fully saturated rings. The van der Waals surface area contributed by atoms with Crippen LogP contribution < -0.4 is 4.74 Å². The van der Waals surface area contributed by atoms with Crippen LogP contribution >= 0.6 is 0 Å². The number of aryl methyl sites for hydroxylation is 2. The molecular weight excluding hydrogens is 478 g/mol. The molecule has 1 saturated heterocycles. The molecule has 2 heterocycles. The second kappa shape index (κ2) is 10.8. The molecule has 6 nitrogen and oxygen atoms in total. The molecule has 1 unspecified atom stereocenters. The number of Topliss-reactive ketones (excluding diaryl/α,β-unsaturated/α-hetero) is 1. The Labute approximate surface area is 221 Å². The van der Waals surface area contributed by atoms with Gasteiger partial charge in [0.15, 0.2) is 0 Å². The van der Waals surface area contributed by atoms with E-state index in [0.29, 0.717) is 23.7 Å². The van der Waals surface area contributed by atoms with Crippen LogP contribution in [0.5, 0.6) is 5.75 Å². The Hall–Kier alpha value is -4.58. The van der Waals surface area contributed by atoms with E-state index >= 15 is 0 Å². The van der Waals surface area contributed by atoms with Crippen LogP contribution in [0, 0.1) is 6.92 Å². The van der Waals surface area contributed by atoms with Crippen molar-refractivity contribution in [2.75, 3.05) is 0 Å². The average molecular weight is 508 g/mol. The quantitative estimate of drug-likeness (QED) is 0.171. The van der Waals surface area contributed by atoms with Crippen LogP contribution in [0.2, 0.25) is 0 Å². The first-order chi connectivity index (χ1) is 18.5. The summed E-state index contributed by atoms with van der Waals surface area (Å²) in [7, 11) is 0. The van der Waals surface area contributed by atoms with E-state index in [-0.39, 0.29) is 17.9 Å². The maximum absolute atomic E-state index is 13.3. The number of aliphatic hydroxyl groups is 1. The zero-order valence-electron chi connectivity index (χ0n) is 21.4. The summed E-state index contributed by atoms with van der Waals surface area (Å²) in [5.74, 6) is -0.434. The summed E-state index contributed by atoms with van der Waals surface area (Å²) in [5.41, 5.74) is 4.60. The van der Waals surface area contributed by atoms with Crippen molar-refractivity contribution in [3.05, 3.63) is 130 Å². The van der Waals surface area contributed by atoms with E-state index in [1.807, 2.05) is 55.5 Å². The van der Waals surface area contributed by atoms with E-state index in [1.165, 1.54) is 11.2 Å². The van der Waals surface area contributed by atoms with Crippen molar-refractivity contribution < 1.29 is 23.8 Å². The molecule has 192 valence electrons. The number of nitrogens with zero attached hydrogens (tertiary/aromatic N) is 1. The Morgan fingerprint density at radius 3 is 2.34 bits per heavy atom. The van der Waals surface area contributed by atoms with Gasteiger partial charge in [-0.1, -0.05) is 55.5 Å². The third-order valence-electron chi connectivity index (χ3n) is 6.93. The minimum atomic E-state index is -0.747. The van der Waals surface area contributed by atoms with Crippen molar-refractivity contribution in [1.82, 2.24) is 4.90 Å². The number of hydrogen-bond acceptors (Lipinski definition) is 5. The Morgan fingerprint density at radius 1 is 0.947 bits per heavy atom. The monoisotopic (exact) mass is 507 g/mol. The minimum Gasteiger partial charge on any atom is -0.507 e. The average Bonchev–Trinajstić information content (AvgIpc) is 3.55. The van der Waals surface area contributed by atoms with Crippen molar-refractivity contribution in [3.8, 4) is 5.75 Å². The Kier molecular flexibility index (Phi) is 7.13. The van der Waals surface area contributed by atoms with Gasteiger partial charge in [-0.3, -0.25) is 9.59 Å². The largest absolute Gasteiger partial charge is 0.507 e. The molecule has 0 radical (unpaired) electrons. The van der Waals surface area contributed by atoms with E-state index in [4.69, 9.17) is 9.15 Å². The van der Waals surface area contributed by atoms with E-state index in [2.05, 4.69) is 6.92 Å². The van der Waals surface area contributed by atoms with Gasteiger partial charge < -0.3 is 19.2 Å². The lowest BCUT2D eigenvalue weighted by molar-refractivity contribution is -0.140. The molecule has 6 heteroatoms. The molecule has 0 saturated carbocycles. The van der Waals surface area contributed by atoms with Crippen LogP contribution in [-0.4, -0.2) is 21.7 Å². The molecule has 5 rings (SSSR count). The molecule has 0 spiro atoms. The molecule has 3 aromatic carbocycles. The van der Waals surface area contributed by atoms with E-state index < -0.39 is 17.7 Å². The topological polar surface area (TPSA) is 80.0 Å². The molecule has 1 atom stereocenters. The Bertz CT molecular complexity index is 1470. The summed E-state index contributed by atoms with van der Waals surface area (Å²) in [4.78, 5) is 27.9. The van der Waals surface area contributed by atoms with Crippen LogP contribution in [-0.2, 0) is 29.2 Å². The number of rotatable bonds is 8. The lowest BCUT2D eigenvalue weighted by atomic mass is 9.94. The molecule has 0 bridgehead atoms. The summed E-state index contributed by atoms with van der Waals surface area (Å²) < 4.78 is 11.4. The van der Waals surface area contributed by atoms with Gasteiger partial charge in [0.2, 0.25) is 0 Å². The predicted octanol–water partition coefficient (Wildman–Crippen LogP) is 6.35. The number of carbonyl (C=O) groups is 2. The van der Waals surface area contributed by atoms with Crippen molar-refractivity contribution in [2.45, 2.75) is 39.5 Å². The summed E-state index contributed by atoms with van der Waals surface area (Å²) in [5, 5.41) is 11.3. The first-order valence-electron chi connectivity index (χ1n) is 12.6. The summed E-state index contributed by atoms with van der Waals surface area (Å²) in [6.07, 6.45) is 2.39. The number of amides is 1. The maximum Gasteiger partial charge on any atom is 0.296 e. The van der Waals surface area contributed by atoms with Gasteiger partial charge in [-0.2, -0.15) is 0 Å². The molecule has 4 aromatic rings. The fourth-order valence-electron chi connectivity index (χ4n) is 4.69. The van der Waals surface area contributed by atoms with Gasteiger partial charge in [-0.15, -0.1) is 0 Å². The number of likely N-dealkylation sites (tertiary alicyclic amines) is 1. The fourth-order valence-corrected chi connectivity index (χ4v) is 4.69. The van der Waals surface area contributed by atoms with E-state index in [9.17, 15) is 14.7 Å². The van der Waals surface area contributed by atoms with Crippen molar-refractivity contribution >= 4 is 17.4 Å². The van der Waals surface area contributed by atoms with E-state index in [1.54, 1.807) is 36.4 Å². The van der Waals surface area contributed by atoms with Gasteiger partial charge in [0.25, 0.3) is 11.7 Å². The van der Waals surface area contributed by atoms with Crippen LogP contribution in [0.15, 0.2) is 101 Å². The Morgan fingerprint density at radius 2 is 1.68 bits per heavy atom. The zero-order chi connectivity index (χ0) is 26.6. The summed E-state index contributed by atoms with van der Waals surface area (Å²) >= 11 is 0. The number of carbonyl (C=O) groups excluding carboxylic acids is 2. The first kappa shape index (κ1) is 25.1. The standard InChI is InChI=1S/C32H29NO5/c1-3-22-10-12-23(13-11-22)29-28(31(35)32(36)33(29)19-27-9-6-18-37-27)30(34)24-14-16-26(17-15-24)38-20-25-8-5-4-7-21(25)2/h4-18,29,34H,3,19-20H2,1-2H3. The highest BCUT2D eigenvalue weighted by atomic mass is 16.5. The zero-order valence-corrected chi connectivity index (χ0v) is 21.4. The third-order valence-corrected chi connectivity index (χ3v) is 6.93. The Balaban J connectivity index is 1.47. The van der Waals surface area contributed by atoms with Gasteiger partial charge in [-0.25, -0.2) is 0 Å². The van der Waals surface area contributed by atoms with Crippen LogP contribution in [0.1, 0.15) is 46.5 Å². The molecule has 0 aliphatic carbocycles. The molecule has 1 amide bonds. The smallest absolute Gasteiger partial charge is 0.296 e. The second-order valence-corrected chi connectivity index (χ2v) is 9.34. The second-order valence-electron chi connectivity index (χ2n) is 9.34. The number of ketones is 1. The normalized spacial score (nSPS) is 16.7. The SMILES string of the molecule is CCc1ccc(C2C(=C(O)c3ccc(OCc4ccccc4C)cc3)C(=O)C(=O)N2Cc2ccco2)cc1. The number of furan rings is 1. The lowest BCUT2D eigenvalue weighted by Gasteiger charge is -2.24. The van der Waals surface area contributed by atoms with Gasteiger partial charge in [0.1, 0.15) is 23.9 Å². The highest BCUT2D eigenvalue weighted by molar-refractivity contribution is 6.46. The first-order valence-corrected chi connectivity index (χ1v) is 12.6. The summed E-state index contributed by atoms with van der Waals surface area (Å²) in [6.45, 7) is 4.63. The van der Waals surface area contributed by atoms with Gasteiger partial charge >= 0.3 is 0 Å². The molecule has 1 N–H and O–H groups in total. The number of aliphatic hydroxyl groups excluding tert-OH is 1.